The van der Waals surface area contributed by atoms with Crippen LogP contribution in [-0.4, -0.2) is 12.1 Å². The van der Waals surface area contributed by atoms with Gasteiger partial charge in [-0.1, -0.05) is 24.3 Å². The molecule has 7 heteroatoms. The van der Waals surface area contributed by atoms with Gasteiger partial charge in [0.25, 0.3) is 0 Å². The van der Waals surface area contributed by atoms with Crippen LogP contribution in [0.1, 0.15) is 16.1 Å². The van der Waals surface area contributed by atoms with Crippen LogP contribution >= 0.6 is 11.3 Å². The number of halogens is 3. The molecule has 2 aromatic carbocycles. The molecule has 3 rings (SSSR count). The quantitative estimate of drug-likeness (QED) is 0.568. The Morgan fingerprint density at radius 2 is 1.65 bits per heavy atom. The Morgan fingerprint density at radius 1 is 1.00 bits per heavy atom. The van der Waals surface area contributed by atoms with Crippen LogP contribution in [0.3, 0.4) is 0 Å². The first-order valence-corrected chi connectivity index (χ1v) is 8.60. The molecule has 3 nitrogen and oxygen atoms in total. The van der Waals surface area contributed by atoms with Crippen molar-refractivity contribution < 1.29 is 22.6 Å². The zero-order valence-electron chi connectivity index (χ0n) is 14.1. The zero-order valence-corrected chi connectivity index (χ0v) is 14.9. The van der Waals surface area contributed by atoms with Crippen LogP contribution < -0.4 is 9.47 Å². The lowest BCUT2D eigenvalue weighted by Gasteiger charge is -2.09. The lowest BCUT2D eigenvalue weighted by Crippen LogP contribution is -2.03. The molecular weight excluding hydrogens is 363 g/mol. The average molecular weight is 379 g/mol. The van der Waals surface area contributed by atoms with E-state index in [0.717, 1.165) is 22.7 Å². The molecule has 1 heterocycles. The Hall–Kier alpha value is -2.54. The second-order valence-corrected chi connectivity index (χ2v) is 6.63. The molecule has 0 aliphatic carbocycles. The van der Waals surface area contributed by atoms with E-state index in [1.807, 2.05) is 31.2 Å². The van der Waals surface area contributed by atoms with Crippen molar-refractivity contribution in [2.45, 2.75) is 19.7 Å². The number of benzene rings is 2. The van der Waals surface area contributed by atoms with Crippen molar-refractivity contribution in [2.24, 2.45) is 0 Å². The van der Waals surface area contributed by atoms with Crippen molar-refractivity contribution in [3.8, 4) is 22.1 Å². The number of hydrogen-bond donors (Lipinski definition) is 0. The highest BCUT2D eigenvalue weighted by atomic mass is 32.1. The minimum atomic E-state index is -4.34. The summed E-state index contributed by atoms with van der Waals surface area (Å²) in [6.45, 7) is 2.16. The molecule has 0 atom stereocenters. The van der Waals surface area contributed by atoms with Crippen LogP contribution in [0.2, 0.25) is 0 Å². The van der Waals surface area contributed by atoms with Crippen molar-refractivity contribution in [3.63, 3.8) is 0 Å². The van der Waals surface area contributed by atoms with Gasteiger partial charge in [-0.2, -0.15) is 13.2 Å². The molecular formula is C19H16F3NO2S. The minimum absolute atomic E-state index is 0.310. The number of ether oxygens (including phenoxy) is 2. The molecule has 136 valence electrons. The highest BCUT2D eigenvalue weighted by Gasteiger charge is 2.30. The maximum atomic E-state index is 12.7. The maximum Gasteiger partial charge on any atom is 0.416 e. The molecule has 0 radical (unpaired) electrons. The predicted octanol–water partition coefficient (Wildman–Crippen LogP) is 5.72. The van der Waals surface area contributed by atoms with Gasteiger partial charge >= 0.3 is 6.18 Å². The fourth-order valence-electron chi connectivity index (χ4n) is 2.37. The SMILES string of the molecule is COc1ccccc1OCc1sc(-c2ccc(C(F)(F)F)cc2)nc1C. The van der Waals surface area contributed by atoms with Crippen LogP contribution in [0, 0.1) is 6.92 Å². The van der Waals surface area contributed by atoms with Crippen molar-refractivity contribution >= 4 is 11.3 Å². The second kappa shape index (κ2) is 7.37. The van der Waals surface area contributed by atoms with Crippen molar-refractivity contribution in [3.05, 3.63) is 64.7 Å². The van der Waals surface area contributed by atoms with Crippen molar-refractivity contribution in [1.29, 1.82) is 0 Å². The summed E-state index contributed by atoms with van der Waals surface area (Å²) in [5, 5.41) is 0.662. The van der Waals surface area contributed by atoms with Crippen LogP contribution in [-0.2, 0) is 12.8 Å². The van der Waals surface area contributed by atoms with E-state index in [4.69, 9.17) is 9.47 Å². The monoisotopic (exact) mass is 379 g/mol. The van der Waals surface area contributed by atoms with Crippen molar-refractivity contribution in [2.75, 3.05) is 7.11 Å². The summed E-state index contributed by atoms with van der Waals surface area (Å²) in [7, 11) is 1.57. The van der Waals surface area contributed by atoms with Gasteiger partial charge in [-0.15, -0.1) is 11.3 Å². The zero-order chi connectivity index (χ0) is 18.7. The third-order valence-electron chi connectivity index (χ3n) is 3.78. The van der Waals surface area contributed by atoms with E-state index in [0.29, 0.717) is 28.7 Å². The van der Waals surface area contributed by atoms with Crippen LogP contribution in [0.25, 0.3) is 10.6 Å². The second-order valence-electron chi connectivity index (χ2n) is 5.54. The number of aryl methyl sites for hydroxylation is 1. The Labute approximate surface area is 153 Å². The molecule has 0 spiro atoms. The number of methoxy groups -OCH3 is 1. The van der Waals surface area contributed by atoms with E-state index in [1.54, 1.807) is 7.11 Å². The first kappa shape index (κ1) is 18.3. The van der Waals surface area contributed by atoms with E-state index in [9.17, 15) is 13.2 Å². The number of aromatic nitrogens is 1. The Bertz CT molecular complexity index is 889. The third kappa shape index (κ3) is 3.99. The van der Waals surface area contributed by atoms with Gasteiger partial charge in [0, 0.05) is 5.56 Å². The normalized spacial score (nSPS) is 11.4. The third-order valence-corrected chi connectivity index (χ3v) is 4.96. The summed E-state index contributed by atoms with van der Waals surface area (Å²) in [4.78, 5) is 5.36. The molecule has 0 aliphatic heterocycles. The standard InChI is InChI=1S/C19H16F3NO2S/c1-12-17(11-25-16-6-4-3-5-15(16)24-2)26-18(23-12)13-7-9-14(10-8-13)19(20,21)22/h3-10H,11H2,1-2H3. The average Bonchev–Trinajstić information content (AvgIpc) is 3.00. The maximum absolute atomic E-state index is 12.7. The number of hydrogen-bond acceptors (Lipinski definition) is 4. The molecule has 26 heavy (non-hydrogen) atoms. The van der Waals surface area contributed by atoms with Gasteiger partial charge < -0.3 is 9.47 Å². The number of nitrogens with zero attached hydrogens (tertiary/aromatic N) is 1. The van der Waals surface area contributed by atoms with E-state index >= 15 is 0 Å². The van der Waals surface area contributed by atoms with Gasteiger partial charge in [-0.05, 0) is 31.2 Å². The Balaban J connectivity index is 1.77. The molecule has 3 aromatic rings. The van der Waals surface area contributed by atoms with Gasteiger partial charge in [0.15, 0.2) is 11.5 Å². The van der Waals surface area contributed by atoms with Gasteiger partial charge in [-0.3, -0.25) is 0 Å². The summed E-state index contributed by atoms with van der Waals surface area (Å²) >= 11 is 1.40. The predicted molar refractivity (Wildman–Crippen MR) is 94.6 cm³/mol. The van der Waals surface area contributed by atoms with E-state index in [1.165, 1.54) is 23.5 Å². The Kier molecular flexibility index (Phi) is 5.18. The van der Waals surface area contributed by atoms with E-state index in [2.05, 4.69) is 4.98 Å². The molecule has 0 N–H and O–H groups in total. The molecule has 1 aromatic heterocycles. The lowest BCUT2D eigenvalue weighted by molar-refractivity contribution is -0.137. The molecule has 0 amide bonds. The van der Waals surface area contributed by atoms with E-state index in [-0.39, 0.29) is 0 Å². The summed E-state index contributed by atoms with van der Waals surface area (Å²) in [6.07, 6.45) is -4.34. The molecule has 0 fully saturated rings. The molecule has 0 bridgehead atoms. The molecule has 0 unspecified atom stereocenters. The highest BCUT2D eigenvalue weighted by Crippen LogP contribution is 2.34. The first-order chi connectivity index (χ1) is 12.4. The molecule has 0 saturated carbocycles. The van der Waals surface area contributed by atoms with E-state index < -0.39 is 11.7 Å². The minimum Gasteiger partial charge on any atom is -0.493 e. The lowest BCUT2D eigenvalue weighted by atomic mass is 10.1. The molecule has 0 saturated heterocycles. The number of para-hydroxylation sites is 2. The topological polar surface area (TPSA) is 31.4 Å². The Morgan fingerprint density at radius 3 is 2.27 bits per heavy atom. The number of alkyl halides is 3. The van der Waals surface area contributed by atoms with Gasteiger partial charge in [-0.25, -0.2) is 4.98 Å². The fourth-order valence-corrected chi connectivity index (χ4v) is 3.35. The van der Waals surface area contributed by atoms with Gasteiger partial charge in [0.05, 0.1) is 23.2 Å². The fraction of sp³-hybridized carbons (Fsp3) is 0.211. The summed E-state index contributed by atoms with van der Waals surface area (Å²) in [5.41, 5.74) is 0.767. The smallest absolute Gasteiger partial charge is 0.416 e. The van der Waals surface area contributed by atoms with Gasteiger partial charge in [0.1, 0.15) is 11.6 Å². The van der Waals surface area contributed by atoms with Crippen LogP contribution in [0.5, 0.6) is 11.5 Å². The molecule has 0 aliphatic rings. The number of rotatable bonds is 5. The summed E-state index contributed by atoms with van der Waals surface area (Å²) < 4.78 is 49.1. The van der Waals surface area contributed by atoms with Gasteiger partial charge in [0.2, 0.25) is 0 Å². The summed E-state index contributed by atoms with van der Waals surface area (Å²) in [6, 6.07) is 12.3. The largest absolute Gasteiger partial charge is 0.493 e. The van der Waals surface area contributed by atoms with Crippen molar-refractivity contribution in [1.82, 2.24) is 4.98 Å². The van der Waals surface area contributed by atoms with Crippen LogP contribution in [0.4, 0.5) is 13.2 Å². The first-order valence-electron chi connectivity index (χ1n) is 7.78. The number of thiazole rings is 1. The van der Waals surface area contributed by atoms with Crippen LogP contribution in [0.15, 0.2) is 48.5 Å². The summed E-state index contributed by atoms with van der Waals surface area (Å²) in [5.74, 6) is 1.26. The highest BCUT2D eigenvalue weighted by molar-refractivity contribution is 7.15.